The molecule has 2 heterocycles. The minimum Gasteiger partial charge on any atom is -0.495 e. The van der Waals surface area contributed by atoms with Crippen LogP contribution in [0.1, 0.15) is 12.5 Å². The quantitative estimate of drug-likeness (QED) is 0.210. The van der Waals surface area contributed by atoms with Crippen LogP contribution in [0.2, 0.25) is 0 Å². The van der Waals surface area contributed by atoms with Crippen LogP contribution >= 0.6 is 11.8 Å². The molecule has 39 heavy (non-hydrogen) atoms. The van der Waals surface area contributed by atoms with Crippen LogP contribution in [0.25, 0.3) is 6.08 Å². The lowest BCUT2D eigenvalue weighted by Gasteiger charge is -2.14. The van der Waals surface area contributed by atoms with Gasteiger partial charge in [0.15, 0.2) is 11.5 Å². The molecule has 3 aromatic rings. The molecule has 1 N–H and O–H groups in total. The van der Waals surface area contributed by atoms with Crippen molar-refractivity contribution in [3.8, 4) is 23.1 Å². The van der Waals surface area contributed by atoms with Gasteiger partial charge in [0.25, 0.3) is 16.8 Å². The summed E-state index contributed by atoms with van der Waals surface area (Å²) >= 11 is 0.719. The number of imide groups is 1. The van der Waals surface area contributed by atoms with E-state index in [0.29, 0.717) is 35.1 Å². The number of pyridine rings is 1. The molecule has 12 nitrogen and oxygen atoms in total. The molecule has 0 atom stereocenters. The van der Waals surface area contributed by atoms with Crippen LogP contribution in [-0.4, -0.2) is 52.1 Å². The summed E-state index contributed by atoms with van der Waals surface area (Å²) in [6.07, 6.45) is 2.59. The van der Waals surface area contributed by atoms with E-state index < -0.39 is 28.5 Å². The summed E-state index contributed by atoms with van der Waals surface area (Å²) in [6.45, 7) is 1.63. The van der Waals surface area contributed by atoms with Crippen molar-refractivity contribution in [2.75, 3.05) is 25.6 Å². The number of carbonyl (C=O) groups excluding carboxylic acids is 3. The predicted molar refractivity (Wildman–Crippen MR) is 143 cm³/mol. The molecule has 0 bridgehead atoms. The first-order valence-electron chi connectivity index (χ1n) is 11.5. The maximum atomic E-state index is 12.9. The highest BCUT2D eigenvalue weighted by atomic mass is 32.2. The van der Waals surface area contributed by atoms with E-state index in [9.17, 15) is 24.5 Å². The van der Waals surface area contributed by atoms with Gasteiger partial charge in [-0.2, -0.15) is 0 Å². The molecular weight excluding hydrogens is 528 g/mol. The van der Waals surface area contributed by atoms with Crippen molar-refractivity contribution in [3.05, 3.63) is 81.4 Å². The smallest absolute Gasteiger partial charge is 0.294 e. The number of nitro groups is 1. The van der Waals surface area contributed by atoms with E-state index in [2.05, 4.69) is 10.3 Å². The Kier molecular flexibility index (Phi) is 8.41. The molecule has 1 aliphatic rings. The van der Waals surface area contributed by atoms with E-state index >= 15 is 0 Å². The number of hydrogen-bond acceptors (Lipinski definition) is 10. The normalized spacial score (nSPS) is 13.9. The molecule has 1 saturated heterocycles. The zero-order valence-electron chi connectivity index (χ0n) is 20.8. The van der Waals surface area contributed by atoms with Gasteiger partial charge < -0.3 is 19.5 Å². The van der Waals surface area contributed by atoms with Crippen molar-refractivity contribution < 1.29 is 33.5 Å². The number of aromatic nitrogens is 1. The number of anilines is 1. The lowest BCUT2D eigenvalue weighted by Crippen LogP contribution is -2.36. The van der Waals surface area contributed by atoms with E-state index in [1.165, 1.54) is 25.3 Å². The number of nitrogens with zero attached hydrogens (tertiary/aromatic N) is 3. The number of amides is 3. The van der Waals surface area contributed by atoms with Gasteiger partial charge in [-0.15, -0.1) is 0 Å². The zero-order valence-corrected chi connectivity index (χ0v) is 21.6. The average molecular weight is 551 g/mol. The standard InChI is InChI=1S/C26H22N4O8S/c1-3-37-21-12-16(8-10-20(21)38-24-11-9-17(14-27-24)30(34)35)13-22-25(32)29(26(33)39-22)15-23(31)28-18-6-4-5-7-19(18)36-2/h4-14H,3,15H2,1-2H3,(H,28,31)/b22-13-. The third kappa shape index (κ3) is 6.51. The van der Waals surface area contributed by atoms with Gasteiger partial charge in [-0.25, -0.2) is 4.98 Å². The first-order valence-corrected chi connectivity index (χ1v) is 12.3. The first kappa shape index (κ1) is 27.1. The summed E-state index contributed by atoms with van der Waals surface area (Å²) in [5.74, 6) is 0.0541. The van der Waals surface area contributed by atoms with Crippen LogP contribution in [0, 0.1) is 10.1 Å². The molecule has 0 unspecified atom stereocenters. The molecule has 200 valence electrons. The van der Waals surface area contributed by atoms with E-state index in [4.69, 9.17) is 14.2 Å². The number of para-hydroxylation sites is 2. The molecule has 1 fully saturated rings. The molecule has 3 amide bonds. The number of methoxy groups -OCH3 is 1. The Morgan fingerprint density at radius 2 is 1.92 bits per heavy atom. The lowest BCUT2D eigenvalue weighted by molar-refractivity contribution is -0.385. The van der Waals surface area contributed by atoms with Crippen molar-refractivity contribution in [1.82, 2.24) is 9.88 Å². The predicted octanol–water partition coefficient (Wildman–Crippen LogP) is 4.86. The summed E-state index contributed by atoms with van der Waals surface area (Å²) in [5.41, 5.74) is 0.794. The summed E-state index contributed by atoms with van der Waals surface area (Å²) in [4.78, 5) is 53.2. The highest BCUT2D eigenvalue weighted by molar-refractivity contribution is 8.18. The molecule has 4 rings (SSSR count). The van der Waals surface area contributed by atoms with Crippen LogP contribution in [0.3, 0.4) is 0 Å². The van der Waals surface area contributed by atoms with Crippen LogP contribution in [0.5, 0.6) is 23.1 Å². The van der Waals surface area contributed by atoms with Crippen molar-refractivity contribution in [1.29, 1.82) is 0 Å². The monoisotopic (exact) mass is 550 g/mol. The Hall–Kier alpha value is -4.91. The highest BCUT2D eigenvalue weighted by Crippen LogP contribution is 2.36. The maximum absolute atomic E-state index is 12.9. The highest BCUT2D eigenvalue weighted by Gasteiger charge is 2.36. The second kappa shape index (κ2) is 12.1. The molecule has 0 spiro atoms. The maximum Gasteiger partial charge on any atom is 0.294 e. The second-order valence-electron chi connectivity index (χ2n) is 7.87. The average Bonchev–Trinajstić information content (AvgIpc) is 3.18. The fraction of sp³-hybridized carbons (Fsp3) is 0.154. The number of thioether (sulfide) groups is 1. The third-order valence-corrected chi connectivity index (χ3v) is 6.18. The number of nitrogens with one attached hydrogen (secondary N) is 1. The molecule has 0 saturated carbocycles. The van der Waals surface area contributed by atoms with Crippen LogP contribution in [-0.2, 0) is 9.59 Å². The van der Waals surface area contributed by atoms with Gasteiger partial charge in [0.05, 0.1) is 29.2 Å². The van der Waals surface area contributed by atoms with Crippen LogP contribution in [0.15, 0.2) is 65.7 Å². The molecule has 0 aliphatic carbocycles. The molecular formula is C26H22N4O8S. The number of rotatable bonds is 10. The van der Waals surface area contributed by atoms with Crippen molar-refractivity contribution in [3.63, 3.8) is 0 Å². The van der Waals surface area contributed by atoms with E-state index in [0.717, 1.165) is 22.9 Å². The summed E-state index contributed by atoms with van der Waals surface area (Å²) in [5, 5.41) is 12.9. The summed E-state index contributed by atoms with van der Waals surface area (Å²) in [7, 11) is 1.47. The largest absolute Gasteiger partial charge is 0.495 e. The Bertz CT molecular complexity index is 1460. The van der Waals surface area contributed by atoms with Gasteiger partial charge in [0, 0.05) is 12.1 Å². The van der Waals surface area contributed by atoms with Crippen molar-refractivity contribution in [2.45, 2.75) is 6.92 Å². The van der Waals surface area contributed by atoms with Gasteiger partial charge in [0.1, 0.15) is 18.5 Å². The van der Waals surface area contributed by atoms with Crippen LogP contribution in [0.4, 0.5) is 16.2 Å². The van der Waals surface area contributed by atoms with E-state index in [-0.39, 0.29) is 16.5 Å². The Balaban J connectivity index is 1.48. The van der Waals surface area contributed by atoms with Gasteiger partial charge >= 0.3 is 0 Å². The third-order valence-electron chi connectivity index (χ3n) is 5.27. The number of hydrogen-bond donors (Lipinski definition) is 1. The fourth-order valence-corrected chi connectivity index (χ4v) is 4.33. The molecule has 1 aliphatic heterocycles. The first-order chi connectivity index (χ1) is 18.8. The van der Waals surface area contributed by atoms with E-state index in [1.807, 2.05) is 0 Å². The van der Waals surface area contributed by atoms with Crippen molar-refractivity contribution >= 4 is 46.3 Å². The molecule has 2 aromatic carbocycles. The number of ether oxygens (including phenoxy) is 3. The number of carbonyl (C=O) groups is 3. The minimum absolute atomic E-state index is 0.127. The van der Waals surface area contributed by atoms with Crippen LogP contribution < -0.4 is 19.5 Å². The minimum atomic E-state index is -0.603. The van der Waals surface area contributed by atoms with Gasteiger partial charge in [0.2, 0.25) is 11.8 Å². The van der Waals surface area contributed by atoms with E-state index in [1.54, 1.807) is 49.4 Å². The SMILES string of the molecule is CCOc1cc(/C=C2\SC(=O)N(CC(=O)Nc3ccccc3OC)C2=O)ccc1Oc1ccc([N+](=O)[O-])cn1. The second-order valence-corrected chi connectivity index (χ2v) is 8.86. The van der Waals surface area contributed by atoms with Crippen molar-refractivity contribution in [2.24, 2.45) is 0 Å². The Labute approximate surface area is 226 Å². The Morgan fingerprint density at radius 1 is 1.13 bits per heavy atom. The fourth-order valence-electron chi connectivity index (χ4n) is 3.49. The molecule has 1 aromatic heterocycles. The van der Waals surface area contributed by atoms with Gasteiger partial charge in [-0.05, 0) is 54.6 Å². The number of benzene rings is 2. The van der Waals surface area contributed by atoms with Gasteiger partial charge in [-0.3, -0.25) is 29.4 Å². The molecule has 0 radical (unpaired) electrons. The topological polar surface area (TPSA) is 150 Å². The lowest BCUT2D eigenvalue weighted by atomic mass is 10.2. The zero-order chi connectivity index (χ0) is 27.9. The van der Waals surface area contributed by atoms with Gasteiger partial charge in [-0.1, -0.05) is 18.2 Å². The molecule has 13 heteroatoms. The summed E-state index contributed by atoms with van der Waals surface area (Å²) in [6, 6.07) is 14.3. The Morgan fingerprint density at radius 3 is 2.62 bits per heavy atom. The summed E-state index contributed by atoms with van der Waals surface area (Å²) < 4.78 is 16.6.